The third-order valence-electron chi connectivity index (χ3n) is 6.70. The summed E-state index contributed by atoms with van der Waals surface area (Å²) in [5, 5.41) is -0.866. The maximum atomic E-state index is 11.1. The van der Waals surface area contributed by atoms with Crippen LogP contribution in [0.3, 0.4) is 0 Å². The van der Waals surface area contributed by atoms with Crippen molar-refractivity contribution in [2.24, 2.45) is 0 Å². The van der Waals surface area contributed by atoms with E-state index in [0.29, 0.717) is 39.3 Å². The monoisotopic (exact) mass is 1030 g/mol. The minimum atomic E-state index is -6.09. The molecule has 0 aliphatic heterocycles. The number of hydrogen-bond donors (Lipinski definition) is 0. The number of pyridine rings is 4. The van der Waals surface area contributed by atoms with E-state index in [1.807, 2.05) is 82.6 Å². The average Bonchev–Trinajstić information content (AvgIpc) is 3.12. The second-order valence-electron chi connectivity index (χ2n) is 11.6. The summed E-state index contributed by atoms with van der Waals surface area (Å²) < 4.78 is 162. The maximum Gasteiger partial charge on any atom is 2.00 e. The van der Waals surface area contributed by atoms with Gasteiger partial charge in [0.05, 0.1) is 22.8 Å². The molecule has 2 unspecified atom stereocenters. The molecule has 2 radical (unpaired) electrons. The van der Waals surface area contributed by atoms with Crippen LogP contribution in [-0.4, -0.2) is 108 Å². The van der Waals surface area contributed by atoms with E-state index in [1.54, 1.807) is 38.6 Å². The van der Waals surface area contributed by atoms with Gasteiger partial charge in [0.25, 0.3) is 0 Å². The Morgan fingerprint density at radius 2 is 0.733 bits per heavy atom. The number of nitrogens with zero attached hydrogens (tertiary/aromatic N) is 6. The summed E-state index contributed by atoms with van der Waals surface area (Å²) in [4.78, 5) is 21.3. The molecule has 0 bridgehead atoms. The first kappa shape index (κ1) is 59.3. The Labute approximate surface area is 369 Å². The molecule has 4 atom stereocenters. The van der Waals surface area contributed by atoms with E-state index in [-0.39, 0.29) is 34.1 Å². The molecule has 4 aromatic rings. The molecule has 0 aliphatic carbocycles. The molecule has 0 aromatic carbocycles. The SMILES string of the molecule is C[C@@H](CN(Cc1ccccn1)Cc1ccccn1)S(=O)[O-].C[C@H](CN(Cc1ccccn1)Cc1ccccn1)S(=O)[O-].O=S(=O)([O-])C(F)(F)F.O=S(=O)([O-])C(F)(F)F.[Cu+2].[Cu+2]. The molecule has 4 heterocycles. The van der Waals surface area contributed by atoms with Crippen molar-refractivity contribution in [2.45, 2.75) is 61.5 Å². The molecule has 0 saturated carbocycles. The van der Waals surface area contributed by atoms with Gasteiger partial charge in [0.1, 0.15) is 0 Å². The van der Waals surface area contributed by atoms with Gasteiger partial charge in [0, 0.05) is 74.6 Å². The molecule has 0 N–H and O–H groups in total. The summed E-state index contributed by atoms with van der Waals surface area (Å²) in [6, 6.07) is 22.9. The summed E-state index contributed by atoms with van der Waals surface area (Å²) in [6.07, 6.45) is 6.96. The number of halogens is 6. The summed E-state index contributed by atoms with van der Waals surface area (Å²) in [5.41, 5.74) is -7.63. The zero-order valence-corrected chi connectivity index (χ0v) is 36.1. The van der Waals surface area contributed by atoms with Crippen molar-refractivity contribution in [3.05, 3.63) is 120 Å². The van der Waals surface area contributed by atoms with Gasteiger partial charge in [-0.15, -0.1) is 0 Å². The van der Waals surface area contributed by atoms with Gasteiger partial charge in [-0.1, -0.05) is 60.3 Å². The van der Waals surface area contributed by atoms with Crippen LogP contribution >= 0.6 is 0 Å². The van der Waals surface area contributed by atoms with Crippen molar-refractivity contribution in [1.29, 1.82) is 0 Å². The van der Waals surface area contributed by atoms with Crippen molar-refractivity contribution in [2.75, 3.05) is 13.1 Å². The maximum absolute atomic E-state index is 11.1. The van der Waals surface area contributed by atoms with Gasteiger partial charge < -0.3 is 18.2 Å². The second kappa shape index (κ2) is 28.7. The van der Waals surface area contributed by atoms with Gasteiger partial charge in [-0.2, -0.15) is 26.3 Å². The fourth-order valence-electron chi connectivity index (χ4n) is 4.10. The normalized spacial score (nSPS) is 13.6. The third kappa shape index (κ3) is 25.8. The van der Waals surface area contributed by atoms with Crippen molar-refractivity contribution < 1.29 is 104 Å². The quantitative estimate of drug-likeness (QED) is 0.0575. The smallest absolute Gasteiger partial charge is 0.772 e. The van der Waals surface area contributed by atoms with Gasteiger partial charge in [-0.05, 0) is 48.5 Å². The Bertz CT molecular complexity index is 1810. The van der Waals surface area contributed by atoms with Crippen LogP contribution in [0.15, 0.2) is 97.6 Å². The Morgan fingerprint density at radius 3 is 0.867 bits per heavy atom. The largest absolute Gasteiger partial charge is 2.00 e. The minimum Gasteiger partial charge on any atom is -0.772 e. The van der Waals surface area contributed by atoms with E-state index in [1.165, 1.54) is 0 Å². The molecule has 0 fully saturated rings. The fraction of sp³-hybridized carbons (Fsp3) is 0.375. The average molecular weight is 1030 g/mol. The van der Waals surface area contributed by atoms with Gasteiger partial charge in [-0.3, -0.25) is 38.2 Å². The molecule has 4 rings (SSSR count). The van der Waals surface area contributed by atoms with E-state index in [4.69, 9.17) is 25.9 Å². The molecule has 0 saturated heterocycles. The Kier molecular flexibility index (Phi) is 28.4. The van der Waals surface area contributed by atoms with E-state index in [2.05, 4.69) is 19.9 Å². The molecule has 16 nitrogen and oxygen atoms in total. The van der Waals surface area contributed by atoms with Crippen molar-refractivity contribution in [3.8, 4) is 0 Å². The van der Waals surface area contributed by atoms with Crippen LogP contribution in [0.2, 0.25) is 0 Å². The first-order valence-electron chi connectivity index (χ1n) is 16.0. The van der Waals surface area contributed by atoms with Crippen LogP contribution < -0.4 is 0 Å². The van der Waals surface area contributed by atoms with E-state index in [0.717, 1.165) is 22.8 Å². The van der Waals surface area contributed by atoms with Crippen LogP contribution in [0, 0.1) is 0 Å². The van der Waals surface area contributed by atoms with E-state index in [9.17, 15) is 43.9 Å². The topological polar surface area (TPSA) is 253 Å². The van der Waals surface area contributed by atoms with E-state index >= 15 is 0 Å². The van der Waals surface area contributed by atoms with Crippen molar-refractivity contribution in [1.82, 2.24) is 29.7 Å². The van der Waals surface area contributed by atoms with Gasteiger partial charge in [0.15, 0.2) is 20.2 Å². The summed E-state index contributed by atoms with van der Waals surface area (Å²) in [7, 11) is -12.2. The zero-order valence-electron chi connectivity index (χ0n) is 30.9. The zero-order chi connectivity index (χ0) is 44.2. The summed E-state index contributed by atoms with van der Waals surface area (Å²) in [5.74, 6) is 0. The number of aromatic nitrogens is 4. The molecule has 0 amide bonds. The standard InChI is InChI=1S/2C15H19N3O2S.2CHF3O3S.2Cu/c2*1-13(21(19)20)10-18(11-14-6-2-4-8-16-14)12-15-7-3-5-9-17-15;2*2-1(3,4)8(5,6)7;;/h2*2-9,13H,10-12H2,1H3,(H,19,20);2*(H,5,6,7);;/q;;;;2*+2/p-4/t2*13-;;;;/m10..../s1. The summed E-state index contributed by atoms with van der Waals surface area (Å²) >= 11 is -4.16. The van der Waals surface area contributed by atoms with Crippen molar-refractivity contribution in [3.63, 3.8) is 0 Å². The molecule has 342 valence electrons. The fourth-order valence-corrected chi connectivity index (χ4v) is 4.77. The Hall–Kier alpha value is -2.82. The Morgan fingerprint density at radius 1 is 0.533 bits per heavy atom. The molecular weight excluding hydrogens is 998 g/mol. The van der Waals surface area contributed by atoms with Gasteiger partial charge in [-0.25, -0.2) is 16.8 Å². The first-order valence-corrected chi connectivity index (χ1v) is 21.1. The van der Waals surface area contributed by atoms with Crippen LogP contribution in [0.1, 0.15) is 36.6 Å². The second-order valence-corrected chi connectivity index (χ2v) is 17.0. The van der Waals surface area contributed by atoms with E-state index < -0.39 is 63.9 Å². The number of rotatable bonds is 14. The Balaban J connectivity index is 0. The molecule has 28 heteroatoms. The number of hydrogen-bond acceptors (Lipinski definition) is 16. The van der Waals surface area contributed by atoms with Crippen LogP contribution in [0.25, 0.3) is 0 Å². The molecular formula is C32H36Cu2F6N6O10S4. The van der Waals surface area contributed by atoms with Crippen LogP contribution in [-0.2, 0) is 103 Å². The number of alkyl halides is 6. The van der Waals surface area contributed by atoms with Gasteiger partial charge in [0.2, 0.25) is 0 Å². The first-order chi connectivity index (χ1) is 26.8. The predicted octanol–water partition coefficient (Wildman–Crippen LogP) is 3.59. The molecule has 4 aromatic heterocycles. The third-order valence-corrected chi connectivity index (χ3v) is 9.45. The molecule has 0 spiro atoms. The van der Waals surface area contributed by atoms with Crippen LogP contribution in [0.4, 0.5) is 26.3 Å². The minimum absolute atomic E-state index is 0. The molecule has 0 aliphatic rings. The molecule has 60 heavy (non-hydrogen) atoms. The predicted molar refractivity (Wildman–Crippen MR) is 193 cm³/mol. The van der Waals surface area contributed by atoms with Crippen molar-refractivity contribution >= 4 is 42.4 Å². The van der Waals surface area contributed by atoms with Gasteiger partial charge >= 0.3 is 45.2 Å². The summed E-state index contributed by atoms with van der Waals surface area (Å²) in [6.45, 7) is 6.68. The van der Waals surface area contributed by atoms with Crippen LogP contribution in [0.5, 0.6) is 0 Å².